The molecular weight excluding hydrogens is 375 g/mol. The third-order valence-electron chi connectivity index (χ3n) is 3.90. The Morgan fingerprint density at radius 3 is 2.15 bits per heavy atom. The first-order valence-electron chi connectivity index (χ1n) is 7.91. The zero-order valence-electron chi connectivity index (χ0n) is 14.2. The summed E-state index contributed by atoms with van der Waals surface area (Å²) in [5.74, 6) is 0. The molecule has 1 aromatic heterocycles. The summed E-state index contributed by atoms with van der Waals surface area (Å²) in [6.45, 7) is 1.73. The van der Waals surface area contributed by atoms with Crippen LogP contribution in [0.25, 0.3) is 11.0 Å². The highest BCUT2D eigenvalue weighted by Crippen LogP contribution is 2.29. The highest BCUT2D eigenvalue weighted by Gasteiger charge is 2.31. The van der Waals surface area contributed by atoms with Crippen molar-refractivity contribution in [1.82, 2.24) is 20.3 Å². The number of thiocarbonyl (C=S) groups is 1. The number of hydrogen-bond donors (Lipinski definition) is 1. The van der Waals surface area contributed by atoms with Gasteiger partial charge in [0.05, 0.1) is 18.2 Å². The van der Waals surface area contributed by atoms with Gasteiger partial charge in [-0.25, -0.2) is 0 Å². The molecule has 1 unspecified atom stereocenters. The molecule has 0 aliphatic rings. The van der Waals surface area contributed by atoms with Crippen LogP contribution in [0.3, 0.4) is 0 Å². The molecular formula is C18H14F3N5S. The lowest BCUT2D eigenvalue weighted by Crippen LogP contribution is -2.48. The molecule has 27 heavy (non-hydrogen) atoms. The fourth-order valence-corrected chi connectivity index (χ4v) is 2.86. The highest BCUT2D eigenvalue weighted by atomic mass is 32.1. The van der Waals surface area contributed by atoms with E-state index in [4.69, 9.17) is 12.2 Å². The van der Waals surface area contributed by atoms with Gasteiger partial charge in [0.15, 0.2) is 0 Å². The molecule has 0 bridgehead atoms. The van der Waals surface area contributed by atoms with Crippen LogP contribution in [0, 0.1) is 11.3 Å². The predicted molar refractivity (Wildman–Crippen MR) is 97.8 cm³/mol. The molecule has 0 saturated heterocycles. The Morgan fingerprint density at radius 2 is 1.67 bits per heavy atom. The summed E-state index contributed by atoms with van der Waals surface area (Å²) in [5.41, 5.74) is -0.122. The molecule has 0 saturated carbocycles. The van der Waals surface area contributed by atoms with E-state index in [2.05, 4.69) is 21.6 Å². The van der Waals surface area contributed by atoms with Crippen LogP contribution < -0.4 is 5.32 Å². The number of aromatic nitrogens is 3. The second-order valence-corrected chi connectivity index (χ2v) is 6.60. The van der Waals surface area contributed by atoms with Crippen molar-refractivity contribution in [3.63, 3.8) is 0 Å². The number of nitriles is 1. The highest BCUT2D eigenvalue weighted by molar-refractivity contribution is 7.80. The minimum Gasteiger partial charge on any atom is -0.357 e. The summed E-state index contributed by atoms with van der Waals surface area (Å²) in [6.07, 6.45) is -4.41. The van der Waals surface area contributed by atoms with E-state index in [1.807, 2.05) is 24.3 Å². The van der Waals surface area contributed by atoms with Crippen LogP contribution in [0.1, 0.15) is 18.1 Å². The van der Waals surface area contributed by atoms with E-state index in [-0.39, 0.29) is 11.5 Å². The lowest BCUT2D eigenvalue weighted by Gasteiger charge is -2.24. The molecule has 0 fully saturated rings. The summed E-state index contributed by atoms with van der Waals surface area (Å²) in [5, 5.41) is 21.1. The fraction of sp³-hybridized carbons (Fsp3) is 0.222. The second kappa shape index (κ2) is 6.96. The van der Waals surface area contributed by atoms with Crippen LogP contribution in [-0.2, 0) is 12.7 Å². The van der Waals surface area contributed by atoms with Crippen molar-refractivity contribution >= 4 is 28.2 Å². The van der Waals surface area contributed by atoms with E-state index in [9.17, 15) is 18.4 Å². The molecule has 1 N–H and O–H groups in total. The SMILES string of the molecule is CC(C#N)(Cn1nc2ccccc2n1)NC(=S)c1ccc(C(F)(F)F)cc1. The molecule has 3 aromatic rings. The first kappa shape index (κ1) is 18.8. The first-order valence-corrected chi connectivity index (χ1v) is 8.32. The van der Waals surface area contributed by atoms with Crippen LogP contribution in [0.2, 0.25) is 0 Å². The molecule has 3 rings (SSSR count). The Balaban J connectivity index is 1.76. The maximum Gasteiger partial charge on any atom is 0.416 e. The van der Waals surface area contributed by atoms with Crippen LogP contribution in [-0.4, -0.2) is 25.5 Å². The van der Waals surface area contributed by atoms with Gasteiger partial charge in [-0.3, -0.25) is 0 Å². The number of rotatable bonds is 4. The largest absolute Gasteiger partial charge is 0.416 e. The van der Waals surface area contributed by atoms with Crippen LogP contribution >= 0.6 is 12.2 Å². The number of fused-ring (bicyclic) bond motifs is 1. The van der Waals surface area contributed by atoms with Gasteiger partial charge in [-0.05, 0) is 31.2 Å². The third kappa shape index (κ3) is 4.23. The lowest BCUT2D eigenvalue weighted by molar-refractivity contribution is -0.137. The quantitative estimate of drug-likeness (QED) is 0.690. The number of nitrogens with one attached hydrogen (secondary N) is 1. The van der Waals surface area contributed by atoms with E-state index in [0.29, 0.717) is 16.6 Å². The van der Waals surface area contributed by atoms with Crippen molar-refractivity contribution in [1.29, 1.82) is 5.26 Å². The van der Waals surface area contributed by atoms with Gasteiger partial charge in [0.1, 0.15) is 21.6 Å². The zero-order valence-corrected chi connectivity index (χ0v) is 15.0. The van der Waals surface area contributed by atoms with Crippen molar-refractivity contribution in [3.05, 3.63) is 59.7 Å². The molecule has 9 heteroatoms. The van der Waals surface area contributed by atoms with Crippen molar-refractivity contribution in [2.24, 2.45) is 0 Å². The van der Waals surface area contributed by atoms with Gasteiger partial charge in [0.2, 0.25) is 0 Å². The smallest absolute Gasteiger partial charge is 0.357 e. The minimum atomic E-state index is -4.41. The van der Waals surface area contributed by atoms with Gasteiger partial charge in [-0.1, -0.05) is 36.5 Å². The van der Waals surface area contributed by atoms with Gasteiger partial charge < -0.3 is 5.32 Å². The van der Waals surface area contributed by atoms with E-state index >= 15 is 0 Å². The number of hydrogen-bond acceptors (Lipinski definition) is 4. The molecule has 2 aromatic carbocycles. The van der Waals surface area contributed by atoms with E-state index in [1.54, 1.807) is 6.92 Å². The predicted octanol–water partition coefficient (Wildman–Crippen LogP) is 3.70. The second-order valence-electron chi connectivity index (χ2n) is 6.19. The molecule has 138 valence electrons. The standard InChI is InChI=1S/C18H14F3N5S/c1-17(10-22,11-26-24-14-4-2-3-5-15(14)25-26)23-16(27)12-6-8-13(9-7-12)18(19,20)21/h2-9H,11H2,1H3,(H,23,27). The topological polar surface area (TPSA) is 66.5 Å². The van der Waals surface area contributed by atoms with E-state index < -0.39 is 17.3 Å². The van der Waals surface area contributed by atoms with Crippen molar-refractivity contribution < 1.29 is 13.2 Å². The van der Waals surface area contributed by atoms with Crippen LogP contribution in [0.5, 0.6) is 0 Å². The minimum absolute atomic E-state index is 0.110. The Morgan fingerprint density at radius 1 is 1.11 bits per heavy atom. The van der Waals surface area contributed by atoms with Crippen LogP contribution in [0.15, 0.2) is 48.5 Å². The Kier molecular flexibility index (Phi) is 4.85. The Hall–Kier alpha value is -2.99. The Bertz CT molecular complexity index is 987. The van der Waals surface area contributed by atoms with Gasteiger partial charge >= 0.3 is 6.18 Å². The number of halogens is 3. The third-order valence-corrected chi connectivity index (χ3v) is 4.23. The average molecular weight is 389 g/mol. The number of benzene rings is 2. The van der Waals surface area contributed by atoms with Gasteiger partial charge in [-0.15, -0.1) is 0 Å². The summed E-state index contributed by atoms with van der Waals surface area (Å²) in [6, 6.07) is 13.9. The molecule has 1 heterocycles. The average Bonchev–Trinajstić information content (AvgIpc) is 3.02. The van der Waals surface area contributed by atoms with Crippen molar-refractivity contribution in [2.75, 3.05) is 0 Å². The number of nitrogens with zero attached hydrogens (tertiary/aromatic N) is 4. The molecule has 5 nitrogen and oxygen atoms in total. The molecule has 0 spiro atoms. The number of alkyl halides is 3. The van der Waals surface area contributed by atoms with Gasteiger partial charge in [0.25, 0.3) is 0 Å². The molecule has 0 aliphatic heterocycles. The first-order chi connectivity index (χ1) is 12.7. The zero-order chi connectivity index (χ0) is 19.7. The monoisotopic (exact) mass is 389 g/mol. The van der Waals surface area contributed by atoms with Crippen LogP contribution in [0.4, 0.5) is 13.2 Å². The maximum atomic E-state index is 12.7. The maximum absolute atomic E-state index is 12.7. The molecule has 0 aliphatic carbocycles. The summed E-state index contributed by atoms with van der Waals surface area (Å²) >= 11 is 5.26. The van der Waals surface area contributed by atoms with E-state index in [0.717, 1.165) is 12.1 Å². The van der Waals surface area contributed by atoms with Gasteiger partial charge in [-0.2, -0.15) is 33.4 Å². The normalized spacial score (nSPS) is 13.7. The van der Waals surface area contributed by atoms with Crippen molar-refractivity contribution in [3.8, 4) is 6.07 Å². The fourth-order valence-electron chi connectivity index (χ4n) is 2.49. The van der Waals surface area contributed by atoms with Crippen molar-refractivity contribution in [2.45, 2.75) is 25.2 Å². The molecule has 0 amide bonds. The lowest BCUT2D eigenvalue weighted by atomic mass is 10.0. The summed E-state index contributed by atoms with van der Waals surface area (Å²) in [7, 11) is 0. The van der Waals surface area contributed by atoms with Gasteiger partial charge in [0, 0.05) is 5.56 Å². The molecule has 0 radical (unpaired) electrons. The van der Waals surface area contributed by atoms with E-state index in [1.165, 1.54) is 16.9 Å². The molecule has 1 atom stereocenters. The summed E-state index contributed by atoms with van der Waals surface area (Å²) in [4.78, 5) is 1.57. The Labute approximate surface area is 158 Å². The summed E-state index contributed by atoms with van der Waals surface area (Å²) < 4.78 is 38.0.